The largest absolute Gasteiger partial charge is 0.0616 e. The lowest BCUT2D eigenvalue weighted by Gasteiger charge is -2.17. The normalized spacial score (nSPS) is 11.9. The van der Waals surface area contributed by atoms with E-state index in [1.54, 1.807) is 0 Å². The van der Waals surface area contributed by atoms with E-state index in [0.717, 1.165) is 0 Å². The fourth-order valence-electron chi connectivity index (χ4n) is 7.96. The maximum atomic E-state index is 2.45. The third-order valence-electron chi connectivity index (χ3n) is 10.0. The number of hydrogen-bond acceptors (Lipinski definition) is 0. The summed E-state index contributed by atoms with van der Waals surface area (Å²) in [4.78, 5) is 0. The van der Waals surface area contributed by atoms with Gasteiger partial charge in [0.25, 0.3) is 0 Å². The zero-order valence-corrected chi connectivity index (χ0v) is 25.2. The van der Waals surface area contributed by atoms with Crippen molar-refractivity contribution in [2.24, 2.45) is 0 Å². The predicted octanol–water partition coefficient (Wildman–Crippen LogP) is 13.1. The summed E-state index contributed by atoms with van der Waals surface area (Å²) < 4.78 is 0. The van der Waals surface area contributed by atoms with Crippen LogP contribution in [0.4, 0.5) is 0 Å². The van der Waals surface area contributed by atoms with Crippen LogP contribution in [0.2, 0.25) is 0 Å². The number of fused-ring (bicyclic) bond motifs is 13. The smallest absolute Gasteiger partial charge is 0.00137 e. The van der Waals surface area contributed by atoms with Crippen molar-refractivity contribution in [1.29, 1.82) is 0 Å². The van der Waals surface area contributed by atoms with Crippen LogP contribution in [0.25, 0.3) is 97.7 Å². The van der Waals surface area contributed by atoms with Gasteiger partial charge in [-0.05, 0) is 110 Å². The first kappa shape index (κ1) is 25.4. The molecule has 0 bridgehead atoms. The molecular weight excluding hydrogens is 553 g/mol. The molecule has 0 saturated carbocycles. The fraction of sp³-hybridized carbons (Fsp3) is 0. The zero-order valence-electron chi connectivity index (χ0n) is 25.2. The lowest BCUT2D eigenvalue weighted by Crippen LogP contribution is -1.90. The molecule has 0 aliphatic heterocycles. The highest BCUT2D eigenvalue weighted by atomic mass is 14.2. The lowest BCUT2D eigenvalue weighted by atomic mass is 9.86. The standard InChI is InChI=1S/C46H28/c1-2-12-30-27-31(24-23-29(30)11-1)33-19-9-22-36-34(20-10-21-35(33)36)32-25-26-40-39-15-5-7-17-42(39)45-41-16-6-3-13-37(41)38-14-4-8-18-43(38)46(45)44(40)28-32/h1-28H. The van der Waals surface area contributed by atoms with Crippen molar-refractivity contribution >= 4 is 75.4 Å². The topological polar surface area (TPSA) is 0 Å². The molecule has 0 nitrogen and oxygen atoms in total. The minimum absolute atomic E-state index is 1.24. The van der Waals surface area contributed by atoms with Gasteiger partial charge in [-0.15, -0.1) is 0 Å². The van der Waals surface area contributed by atoms with Crippen LogP contribution in [0.1, 0.15) is 0 Å². The Labute approximate surface area is 266 Å². The van der Waals surface area contributed by atoms with Gasteiger partial charge in [-0.3, -0.25) is 0 Å². The second-order valence-electron chi connectivity index (χ2n) is 12.4. The summed E-state index contributed by atoms with van der Waals surface area (Å²) in [6.07, 6.45) is 0. The molecule has 0 amide bonds. The van der Waals surface area contributed by atoms with Crippen LogP contribution in [0.5, 0.6) is 0 Å². The minimum Gasteiger partial charge on any atom is -0.0616 e. The summed E-state index contributed by atoms with van der Waals surface area (Å²) in [5.74, 6) is 0. The van der Waals surface area contributed by atoms with Gasteiger partial charge < -0.3 is 0 Å². The quantitative estimate of drug-likeness (QED) is 0.178. The van der Waals surface area contributed by atoms with Crippen molar-refractivity contribution < 1.29 is 0 Å². The molecule has 10 aromatic rings. The van der Waals surface area contributed by atoms with E-state index >= 15 is 0 Å². The first-order chi connectivity index (χ1) is 22.8. The molecule has 46 heavy (non-hydrogen) atoms. The summed E-state index contributed by atoms with van der Waals surface area (Å²) in [7, 11) is 0. The Kier molecular flexibility index (Phi) is 5.38. The van der Waals surface area contributed by atoms with Crippen molar-refractivity contribution in [3.63, 3.8) is 0 Å². The van der Waals surface area contributed by atoms with E-state index in [4.69, 9.17) is 0 Å². The summed E-state index contributed by atoms with van der Waals surface area (Å²) >= 11 is 0. The van der Waals surface area contributed by atoms with E-state index in [1.807, 2.05) is 0 Å². The van der Waals surface area contributed by atoms with Crippen LogP contribution < -0.4 is 0 Å². The Hall–Kier alpha value is -5.98. The minimum atomic E-state index is 1.24. The van der Waals surface area contributed by atoms with Gasteiger partial charge in [0, 0.05) is 0 Å². The van der Waals surface area contributed by atoms with E-state index in [1.165, 1.54) is 97.7 Å². The van der Waals surface area contributed by atoms with E-state index in [0.29, 0.717) is 0 Å². The molecule has 0 heterocycles. The average molecular weight is 581 g/mol. The third kappa shape index (κ3) is 3.62. The second-order valence-corrected chi connectivity index (χ2v) is 12.4. The lowest BCUT2D eigenvalue weighted by molar-refractivity contribution is 1.66. The molecule has 0 N–H and O–H groups in total. The molecule has 0 atom stereocenters. The second kappa shape index (κ2) is 9.76. The fourth-order valence-corrected chi connectivity index (χ4v) is 7.96. The molecular formula is C46H28. The molecule has 212 valence electrons. The van der Waals surface area contributed by atoms with E-state index in [9.17, 15) is 0 Å². The maximum absolute atomic E-state index is 2.45. The molecule has 0 heteroatoms. The van der Waals surface area contributed by atoms with Crippen LogP contribution in [0.15, 0.2) is 170 Å². The van der Waals surface area contributed by atoms with Gasteiger partial charge in [0.2, 0.25) is 0 Å². The van der Waals surface area contributed by atoms with Crippen LogP contribution in [0, 0.1) is 0 Å². The Morgan fingerprint density at radius 1 is 0.217 bits per heavy atom. The predicted molar refractivity (Wildman–Crippen MR) is 200 cm³/mol. The Morgan fingerprint density at radius 2 is 0.630 bits per heavy atom. The summed E-state index contributed by atoms with van der Waals surface area (Å²) in [5, 5.41) is 18.2. The molecule has 10 rings (SSSR count). The molecule has 0 radical (unpaired) electrons. The Bertz CT molecular complexity index is 2840. The van der Waals surface area contributed by atoms with E-state index in [2.05, 4.69) is 170 Å². The van der Waals surface area contributed by atoms with Gasteiger partial charge in [0.1, 0.15) is 0 Å². The first-order valence-electron chi connectivity index (χ1n) is 16.0. The van der Waals surface area contributed by atoms with Crippen LogP contribution >= 0.6 is 0 Å². The van der Waals surface area contributed by atoms with Gasteiger partial charge in [0.05, 0.1) is 0 Å². The molecule has 0 fully saturated rings. The molecule has 0 spiro atoms. The molecule has 0 aromatic heterocycles. The zero-order chi connectivity index (χ0) is 30.2. The molecule has 0 saturated heterocycles. The SMILES string of the molecule is c1ccc2cc(-c3cccc4c(-c5ccc6c7ccccc7c7c8ccccc8c8ccccc8c7c6c5)cccc34)ccc2c1. The van der Waals surface area contributed by atoms with E-state index < -0.39 is 0 Å². The maximum Gasteiger partial charge on any atom is -0.00137 e. The van der Waals surface area contributed by atoms with Gasteiger partial charge in [0.15, 0.2) is 0 Å². The number of rotatable bonds is 2. The highest BCUT2D eigenvalue weighted by Gasteiger charge is 2.17. The van der Waals surface area contributed by atoms with Crippen LogP contribution in [-0.4, -0.2) is 0 Å². The molecule has 0 aliphatic carbocycles. The number of hydrogen-bond donors (Lipinski definition) is 0. The van der Waals surface area contributed by atoms with Gasteiger partial charge >= 0.3 is 0 Å². The van der Waals surface area contributed by atoms with Gasteiger partial charge in [-0.2, -0.15) is 0 Å². The summed E-state index contributed by atoms with van der Waals surface area (Å²) in [6.45, 7) is 0. The van der Waals surface area contributed by atoms with Crippen molar-refractivity contribution in [1.82, 2.24) is 0 Å². The van der Waals surface area contributed by atoms with Gasteiger partial charge in [-0.25, -0.2) is 0 Å². The van der Waals surface area contributed by atoms with Crippen molar-refractivity contribution in [3.8, 4) is 22.3 Å². The van der Waals surface area contributed by atoms with E-state index in [-0.39, 0.29) is 0 Å². The van der Waals surface area contributed by atoms with Crippen molar-refractivity contribution in [2.75, 3.05) is 0 Å². The van der Waals surface area contributed by atoms with Crippen molar-refractivity contribution in [3.05, 3.63) is 170 Å². The molecule has 0 aliphatic rings. The number of benzene rings is 10. The summed E-state index contributed by atoms with van der Waals surface area (Å²) in [5.41, 5.74) is 5.01. The first-order valence-corrected chi connectivity index (χ1v) is 16.0. The summed E-state index contributed by atoms with van der Waals surface area (Å²) in [6, 6.07) is 62.8. The Balaban J connectivity index is 1.30. The molecule has 10 aromatic carbocycles. The highest BCUT2D eigenvalue weighted by Crippen LogP contribution is 2.45. The average Bonchev–Trinajstić information content (AvgIpc) is 3.13. The Morgan fingerprint density at radius 3 is 1.22 bits per heavy atom. The van der Waals surface area contributed by atoms with Crippen molar-refractivity contribution in [2.45, 2.75) is 0 Å². The third-order valence-corrected chi connectivity index (χ3v) is 10.0. The highest BCUT2D eigenvalue weighted by molar-refractivity contribution is 6.39. The van der Waals surface area contributed by atoms with Crippen LogP contribution in [0.3, 0.4) is 0 Å². The molecule has 0 unspecified atom stereocenters. The van der Waals surface area contributed by atoms with Crippen LogP contribution in [-0.2, 0) is 0 Å². The monoisotopic (exact) mass is 580 g/mol. The van der Waals surface area contributed by atoms with Gasteiger partial charge in [-0.1, -0.05) is 158 Å².